The maximum Gasteiger partial charge on any atom is 0.331 e. The molecule has 0 spiro atoms. The lowest BCUT2D eigenvalue weighted by Gasteiger charge is -2.15. The van der Waals surface area contributed by atoms with Crippen molar-refractivity contribution in [1.82, 2.24) is 34.2 Å². The largest absolute Gasteiger partial charge is 0.332 e. The normalized spacial score (nSPS) is 14.1. The zero-order valence-corrected chi connectivity index (χ0v) is 19.7. The molecule has 0 unspecified atom stereocenters. The SMILES string of the molecule is O=c1[nH]c(=O)c2c([nH]1)c(=O)n(CCCCc1noc(-c3ccccn3)n1)c(=O)n2CCC1CCCC1. The lowest BCUT2D eigenvalue weighted by molar-refractivity contribution is 0.418. The van der Waals surface area contributed by atoms with Crippen molar-refractivity contribution in [2.75, 3.05) is 0 Å². The molecule has 0 bridgehead atoms. The van der Waals surface area contributed by atoms with Gasteiger partial charge >= 0.3 is 11.4 Å². The molecular formula is C24H27N7O5. The summed E-state index contributed by atoms with van der Waals surface area (Å²) in [4.78, 5) is 63.9. The highest BCUT2D eigenvalue weighted by Gasteiger charge is 2.20. The molecule has 1 fully saturated rings. The van der Waals surface area contributed by atoms with Gasteiger partial charge in [0.2, 0.25) is 0 Å². The number of H-pyrrole nitrogens is 2. The summed E-state index contributed by atoms with van der Waals surface area (Å²) in [7, 11) is 0. The molecule has 1 aliphatic rings. The van der Waals surface area contributed by atoms with Crippen molar-refractivity contribution in [1.29, 1.82) is 0 Å². The molecule has 36 heavy (non-hydrogen) atoms. The van der Waals surface area contributed by atoms with Crippen LogP contribution >= 0.6 is 0 Å². The Hall–Kier alpha value is -4.09. The Bertz CT molecular complexity index is 1590. The van der Waals surface area contributed by atoms with Gasteiger partial charge in [0.05, 0.1) is 0 Å². The minimum absolute atomic E-state index is 0.0762. The zero-order chi connectivity index (χ0) is 25.1. The quantitative estimate of drug-likeness (QED) is 0.332. The molecule has 188 valence electrons. The van der Waals surface area contributed by atoms with Gasteiger partial charge in [-0.2, -0.15) is 4.98 Å². The monoisotopic (exact) mass is 493 g/mol. The Balaban J connectivity index is 1.35. The molecule has 0 saturated heterocycles. The van der Waals surface area contributed by atoms with Crippen molar-refractivity contribution in [2.45, 2.75) is 64.5 Å². The van der Waals surface area contributed by atoms with Crippen LogP contribution in [0.25, 0.3) is 22.6 Å². The predicted octanol–water partition coefficient (Wildman–Crippen LogP) is 1.59. The molecule has 1 aliphatic carbocycles. The number of hydrogen-bond acceptors (Lipinski definition) is 8. The standard InChI is InChI=1S/C24H27N7O5/c32-20-19-18(27-23(34)28-20)22(33)31(24(35)30(19)14-11-15-7-1-2-8-15)13-6-4-10-17-26-21(36-29-17)16-9-3-5-12-25-16/h3,5,9,12,15H,1-2,4,6-8,10-11,13-14H2,(H2,27,28,32,34). The van der Waals surface area contributed by atoms with Gasteiger partial charge in [-0.25, -0.2) is 9.59 Å². The number of aryl methyl sites for hydroxylation is 2. The molecule has 4 aromatic heterocycles. The summed E-state index contributed by atoms with van der Waals surface area (Å²) >= 11 is 0. The number of rotatable bonds is 9. The lowest BCUT2D eigenvalue weighted by atomic mass is 10.0. The maximum atomic E-state index is 13.3. The van der Waals surface area contributed by atoms with E-state index in [4.69, 9.17) is 4.52 Å². The topological polar surface area (TPSA) is 162 Å². The number of hydrogen-bond donors (Lipinski definition) is 2. The van der Waals surface area contributed by atoms with Gasteiger partial charge < -0.3 is 9.51 Å². The minimum Gasteiger partial charge on any atom is -0.332 e. The number of aromatic amines is 2. The second-order valence-corrected chi connectivity index (χ2v) is 9.15. The number of aromatic nitrogens is 7. The molecule has 2 N–H and O–H groups in total. The summed E-state index contributed by atoms with van der Waals surface area (Å²) in [6, 6.07) is 5.40. The number of nitrogens with one attached hydrogen (secondary N) is 2. The number of nitrogens with zero attached hydrogens (tertiary/aromatic N) is 5. The van der Waals surface area contributed by atoms with E-state index in [0.29, 0.717) is 49.1 Å². The van der Waals surface area contributed by atoms with Crippen LogP contribution < -0.4 is 22.5 Å². The summed E-state index contributed by atoms with van der Waals surface area (Å²) in [6.07, 6.45) is 8.47. The van der Waals surface area contributed by atoms with E-state index < -0.39 is 22.5 Å². The van der Waals surface area contributed by atoms with E-state index in [2.05, 4.69) is 25.1 Å². The van der Waals surface area contributed by atoms with Gasteiger partial charge in [-0.15, -0.1) is 0 Å². The average Bonchev–Trinajstić information content (AvgIpc) is 3.57. The van der Waals surface area contributed by atoms with E-state index in [1.54, 1.807) is 18.3 Å². The smallest absolute Gasteiger partial charge is 0.331 e. The predicted molar refractivity (Wildman–Crippen MR) is 131 cm³/mol. The third-order valence-corrected chi connectivity index (χ3v) is 6.73. The molecule has 4 heterocycles. The van der Waals surface area contributed by atoms with Gasteiger partial charge in [0.25, 0.3) is 17.0 Å². The molecule has 0 radical (unpaired) electrons. The third-order valence-electron chi connectivity index (χ3n) is 6.73. The highest BCUT2D eigenvalue weighted by atomic mass is 16.5. The minimum atomic E-state index is -0.780. The van der Waals surface area contributed by atoms with Crippen LogP contribution in [-0.4, -0.2) is 34.2 Å². The molecule has 1 saturated carbocycles. The van der Waals surface area contributed by atoms with Gasteiger partial charge in [-0.1, -0.05) is 36.9 Å². The van der Waals surface area contributed by atoms with Gasteiger partial charge in [0, 0.05) is 25.7 Å². The van der Waals surface area contributed by atoms with Crippen molar-refractivity contribution >= 4 is 11.0 Å². The summed E-state index contributed by atoms with van der Waals surface area (Å²) < 4.78 is 7.70. The van der Waals surface area contributed by atoms with Crippen LogP contribution in [0.1, 0.15) is 50.8 Å². The Labute approximate surface area is 204 Å². The third kappa shape index (κ3) is 4.83. The zero-order valence-electron chi connectivity index (χ0n) is 19.7. The highest BCUT2D eigenvalue weighted by molar-refractivity contribution is 5.71. The fraction of sp³-hybridized carbons (Fsp3) is 0.458. The molecule has 0 aliphatic heterocycles. The van der Waals surface area contributed by atoms with Crippen molar-refractivity contribution in [3.63, 3.8) is 0 Å². The summed E-state index contributed by atoms with van der Waals surface area (Å²) in [5.74, 6) is 1.32. The van der Waals surface area contributed by atoms with Crippen molar-refractivity contribution < 1.29 is 4.52 Å². The van der Waals surface area contributed by atoms with E-state index in [1.807, 2.05) is 6.07 Å². The highest BCUT2D eigenvalue weighted by Crippen LogP contribution is 2.27. The fourth-order valence-corrected chi connectivity index (χ4v) is 4.87. The first-order valence-corrected chi connectivity index (χ1v) is 12.2. The van der Waals surface area contributed by atoms with Gasteiger partial charge in [-0.3, -0.25) is 28.7 Å². The van der Waals surface area contributed by atoms with Crippen molar-refractivity contribution in [2.24, 2.45) is 5.92 Å². The van der Waals surface area contributed by atoms with Gasteiger partial charge in [0.1, 0.15) is 16.7 Å². The van der Waals surface area contributed by atoms with Crippen LogP contribution in [-0.2, 0) is 19.5 Å². The maximum absolute atomic E-state index is 13.3. The number of unbranched alkanes of at least 4 members (excludes halogenated alkanes) is 1. The second-order valence-electron chi connectivity index (χ2n) is 9.15. The Morgan fingerprint density at radius 2 is 1.83 bits per heavy atom. The first kappa shape index (κ1) is 23.6. The van der Waals surface area contributed by atoms with Crippen LogP contribution in [0.3, 0.4) is 0 Å². The van der Waals surface area contributed by atoms with Gasteiger partial charge in [-0.05, 0) is 37.3 Å². The summed E-state index contributed by atoms with van der Waals surface area (Å²) in [6.45, 7) is 0.450. The first-order chi connectivity index (χ1) is 17.5. The summed E-state index contributed by atoms with van der Waals surface area (Å²) in [5, 5.41) is 3.97. The van der Waals surface area contributed by atoms with Crippen LogP contribution in [0, 0.1) is 5.92 Å². The lowest BCUT2D eigenvalue weighted by Crippen LogP contribution is -2.44. The molecule has 0 atom stereocenters. The van der Waals surface area contributed by atoms with E-state index in [0.717, 1.165) is 36.7 Å². The fourth-order valence-electron chi connectivity index (χ4n) is 4.87. The Morgan fingerprint density at radius 1 is 1.00 bits per heavy atom. The molecule has 0 aromatic carbocycles. The van der Waals surface area contributed by atoms with E-state index in [9.17, 15) is 19.2 Å². The molecule has 0 amide bonds. The molecular weight excluding hydrogens is 466 g/mol. The summed E-state index contributed by atoms with van der Waals surface area (Å²) in [5.41, 5.74) is -2.37. The van der Waals surface area contributed by atoms with Crippen LogP contribution in [0.2, 0.25) is 0 Å². The second kappa shape index (κ2) is 10.3. The average molecular weight is 494 g/mol. The number of fused-ring (bicyclic) bond motifs is 1. The number of pyridine rings is 1. The van der Waals surface area contributed by atoms with Gasteiger partial charge in [0.15, 0.2) is 5.82 Å². The van der Waals surface area contributed by atoms with Crippen LogP contribution in [0.4, 0.5) is 0 Å². The molecule has 12 nitrogen and oxygen atoms in total. The Morgan fingerprint density at radius 3 is 2.61 bits per heavy atom. The first-order valence-electron chi connectivity index (χ1n) is 12.2. The van der Waals surface area contributed by atoms with Crippen LogP contribution in [0.5, 0.6) is 0 Å². The van der Waals surface area contributed by atoms with Crippen LogP contribution in [0.15, 0.2) is 48.1 Å². The Kier molecular flexibility index (Phi) is 6.74. The van der Waals surface area contributed by atoms with E-state index in [1.165, 1.54) is 4.57 Å². The van der Waals surface area contributed by atoms with E-state index >= 15 is 0 Å². The van der Waals surface area contributed by atoms with Crippen molar-refractivity contribution in [3.8, 4) is 11.6 Å². The molecule has 4 aromatic rings. The van der Waals surface area contributed by atoms with Crippen molar-refractivity contribution in [3.05, 3.63) is 71.9 Å². The van der Waals surface area contributed by atoms with E-state index in [-0.39, 0.29) is 17.6 Å². The molecule has 12 heteroatoms. The molecule has 5 rings (SSSR count).